The van der Waals surface area contributed by atoms with Crippen molar-refractivity contribution in [1.82, 2.24) is 0 Å². The summed E-state index contributed by atoms with van der Waals surface area (Å²) < 4.78 is 5.92. The molecule has 0 aliphatic carbocycles. The second kappa shape index (κ2) is 9.62. The topological polar surface area (TPSA) is 33.4 Å². The highest BCUT2D eigenvalue weighted by atomic mass is 16.3. The van der Waals surface area contributed by atoms with Gasteiger partial charge in [-0.25, -0.2) is 0 Å². The lowest BCUT2D eigenvalue weighted by atomic mass is 9.93. The van der Waals surface area contributed by atoms with Crippen molar-refractivity contribution >= 4 is 21.9 Å². The summed E-state index contributed by atoms with van der Waals surface area (Å²) in [6.45, 7) is 8.46. The van der Waals surface area contributed by atoms with Crippen molar-refractivity contribution in [3.8, 4) is 0 Å². The zero-order valence-corrected chi connectivity index (χ0v) is 16.1. The lowest BCUT2D eigenvalue weighted by Gasteiger charge is -2.16. The van der Waals surface area contributed by atoms with Crippen LogP contribution >= 0.6 is 0 Å². The van der Waals surface area contributed by atoms with Crippen molar-refractivity contribution < 1.29 is 9.52 Å². The number of aliphatic hydroxyl groups excluding tert-OH is 1. The average Bonchev–Trinajstić information content (AvgIpc) is 3.01. The van der Waals surface area contributed by atoms with E-state index in [0.29, 0.717) is 5.92 Å². The molecule has 2 aromatic carbocycles. The number of hydrogen-bond acceptors (Lipinski definition) is 2. The van der Waals surface area contributed by atoms with Crippen molar-refractivity contribution in [3.05, 3.63) is 48.0 Å². The van der Waals surface area contributed by atoms with Gasteiger partial charge in [-0.2, -0.15) is 0 Å². The van der Waals surface area contributed by atoms with Gasteiger partial charge in [0.15, 0.2) is 0 Å². The third-order valence-corrected chi connectivity index (χ3v) is 4.71. The summed E-state index contributed by atoms with van der Waals surface area (Å²) >= 11 is 0. The molecule has 1 aromatic heterocycles. The first-order chi connectivity index (χ1) is 12.2. The Balaban J connectivity index is 0.00000109. The average molecular weight is 341 g/mol. The SMILES string of the molecule is CC.CCCCCC(C)CC(O)c1ccc2c(c1)oc1ccccc12. The van der Waals surface area contributed by atoms with Crippen LogP contribution in [0, 0.1) is 5.92 Å². The molecule has 0 saturated heterocycles. The van der Waals surface area contributed by atoms with Gasteiger partial charge in [0.1, 0.15) is 11.2 Å². The predicted octanol–water partition coefficient (Wildman–Crippen LogP) is 7.25. The maximum atomic E-state index is 10.5. The molecule has 2 nitrogen and oxygen atoms in total. The van der Waals surface area contributed by atoms with Gasteiger partial charge < -0.3 is 9.52 Å². The van der Waals surface area contributed by atoms with Crippen molar-refractivity contribution in [2.75, 3.05) is 0 Å². The number of benzene rings is 2. The summed E-state index contributed by atoms with van der Waals surface area (Å²) in [5, 5.41) is 12.8. The molecule has 0 aliphatic heterocycles. The molecule has 0 radical (unpaired) electrons. The second-order valence-electron chi connectivity index (χ2n) is 6.71. The van der Waals surface area contributed by atoms with E-state index in [2.05, 4.69) is 26.0 Å². The number of aliphatic hydroxyl groups is 1. The minimum atomic E-state index is -0.413. The number of rotatable bonds is 7. The maximum absolute atomic E-state index is 10.5. The molecule has 2 atom stereocenters. The zero-order chi connectivity index (χ0) is 18.2. The van der Waals surface area contributed by atoms with E-state index in [4.69, 9.17) is 4.42 Å². The molecular formula is C23H32O2. The first-order valence-electron chi connectivity index (χ1n) is 9.78. The van der Waals surface area contributed by atoms with Crippen molar-refractivity contribution in [2.24, 2.45) is 5.92 Å². The van der Waals surface area contributed by atoms with Gasteiger partial charge in [-0.3, -0.25) is 0 Å². The number of furan rings is 1. The number of para-hydroxylation sites is 1. The van der Waals surface area contributed by atoms with Gasteiger partial charge in [-0.1, -0.05) is 83.7 Å². The van der Waals surface area contributed by atoms with Crippen LogP contribution in [0.5, 0.6) is 0 Å². The molecular weight excluding hydrogens is 308 g/mol. The molecule has 0 spiro atoms. The Labute approximate surface area is 151 Å². The molecule has 3 aromatic rings. The van der Waals surface area contributed by atoms with Crippen molar-refractivity contribution in [2.45, 2.75) is 65.9 Å². The van der Waals surface area contributed by atoms with Crippen LogP contribution < -0.4 is 0 Å². The molecule has 2 heteroatoms. The molecule has 136 valence electrons. The fraction of sp³-hybridized carbons (Fsp3) is 0.478. The van der Waals surface area contributed by atoms with E-state index in [0.717, 1.165) is 33.9 Å². The molecule has 0 fully saturated rings. The zero-order valence-electron chi connectivity index (χ0n) is 16.1. The minimum absolute atomic E-state index is 0.413. The van der Waals surface area contributed by atoms with Gasteiger partial charge in [0.25, 0.3) is 0 Å². The minimum Gasteiger partial charge on any atom is -0.456 e. The van der Waals surface area contributed by atoms with Crippen LogP contribution in [-0.2, 0) is 0 Å². The highest BCUT2D eigenvalue weighted by Crippen LogP contribution is 2.32. The Hall–Kier alpha value is -1.80. The van der Waals surface area contributed by atoms with E-state index < -0.39 is 6.10 Å². The normalized spacial score (nSPS) is 13.5. The largest absolute Gasteiger partial charge is 0.456 e. The predicted molar refractivity (Wildman–Crippen MR) is 108 cm³/mol. The lowest BCUT2D eigenvalue weighted by molar-refractivity contribution is 0.144. The molecule has 1 heterocycles. The summed E-state index contributed by atoms with van der Waals surface area (Å²) in [7, 11) is 0. The number of hydrogen-bond donors (Lipinski definition) is 1. The van der Waals surface area contributed by atoms with Gasteiger partial charge >= 0.3 is 0 Å². The molecule has 25 heavy (non-hydrogen) atoms. The number of fused-ring (bicyclic) bond motifs is 3. The van der Waals surface area contributed by atoms with E-state index in [9.17, 15) is 5.11 Å². The van der Waals surface area contributed by atoms with Gasteiger partial charge in [0, 0.05) is 10.8 Å². The Kier molecular flexibility index (Phi) is 7.52. The Morgan fingerprint density at radius 1 is 0.960 bits per heavy atom. The molecule has 0 bridgehead atoms. The maximum Gasteiger partial charge on any atom is 0.135 e. The van der Waals surface area contributed by atoms with E-state index in [1.165, 1.54) is 25.7 Å². The fourth-order valence-corrected chi connectivity index (χ4v) is 3.33. The Morgan fingerprint density at radius 3 is 2.44 bits per heavy atom. The standard InChI is InChI=1S/C21H26O2.C2H6/c1-3-4-5-8-15(2)13-19(22)16-11-12-18-17-9-6-7-10-20(17)23-21(18)14-16;1-2/h6-7,9-12,14-15,19,22H,3-5,8,13H2,1-2H3;1-2H3. The number of unbranched alkanes of at least 4 members (excludes halogenated alkanes) is 2. The van der Waals surface area contributed by atoms with E-state index in [1.54, 1.807) is 0 Å². The third-order valence-electron chi connectivity index (χ3n) is 4.71. The van der Waals surface area contributed by atoms with E-state index in [1.807, 2.05) is 44.2 Å². The molecule has 1 N–H and O–H groups in total. The van der Waals surface area contributed by atoms with Gasteiger partial charge in [0.2, 0.25) is 0 Å². The van der Waals surface area contributed by atoms with Gasteiger partial charge in [-0.15, -0.1) is 0 Å². The molecule has 2 unspecified atom stereocenters. The van der Waals surface area contributed by atoms with Crippen molar-refractivity contribution in [1.29, 1.82) is 0 Å². The summed E-state index contributed by atoms with van der Waals surface area (Å²) in [5.74, 6) is 0.544. The Bertz CT molecular complexity index is 772. The van der Waals surface area contributed by atoms with Crippen LogP contribution in [0.2, 0.25) is 0 Å². The highest BCUT2D eigenvalue weighted by molar-refractivity contribution is 6.04. The highest BCUT2D eigenvalue weighted by Gasteiger charge is 2.14. The first kappa shape index (κ1) is 19.5. The second-order valence-corrected chi connectivity index (χ2v) is 6.71. The van der Waals surface area contributed by atoms with Crippen LogP contribution in [0.15, 0.2) is 46.9 Å². The monoisotopic (exact) mass is 340 g/mol. The Morgan fingerprint density at radius 2 is 1.68 bits per heavy atom. The molecule has 0 aliphatic rings. The smallest absolute Gasteiger partial charge is 0.135 e. The molecule has 3 rings (SSSR count). The summed E-state index contributed by atoms with van der Waals surface area (Å²) in [6, 6.07) is 14.2. The van der Waals surface area contributed by atoms with Crippen LogP contribution in [0.4, 0.5) is 0 Å². The van der Waals surface area contributed by atoms with Crippen LogP contribution in [0.3, 0.4) is 0 Å². The quantitative estimate of drug-likeness (QED) is 0.459. The van der Waals surface area contributed by atoms with Crippen LogP contribution in [0.25, 0.3) is 21.9 Å². The van der Waals surface area contributed by atoms with E-state index in [-0.39, 0.29) is 0 Å². The third kappa shape index (κ3) is 4.85. The van der Waals surface area contributed by atoms with Crippen LogP contribution in [0.1, 0.15) is 71.5 Å². The summed E-state index contributed by atoms with van der Waals surface area (Å²) in [5.41, 5.74) is 2.72. The van der Waals surface area contributed by atoms with E-state index >= 15 is 0 Å². The fourth-order valence-electron chi connectivity index (χ4n) is 3.33. The van der Waals surface area contributed by atoms with Crippen LogP contribution in [-0.4, -0.2) is 5.11 Å². The van der Waals surface area contributed by atoms with Crippen molar-refractivity contribution in [3.63, 3.8) is 0 Å². The lowest BCUT2D eigenvalue weighted by Crippen LogP contribution is -2.04. The summed E-state index contributed by atoms with van der Waals surface area (Å²) in [4.78, 5) is 0. The molecule has 0 amide bonds. The first-order valence-corrected chi connectivity index (χ1v) is 9.78. The van der Waals surface area contributed by atoms with Gasteiger partial charge in [0.05, 0.1) is 6.10 Å². The summed E-state index contributed by atoms with van der Waals surface area (Å²) in [6.07, 6.45) is 5.38. The van der Waals surface area contributed by atoms with Gasteiger partial charge in [-0.05, 0) is 30.0 Å². The molecule has 0 saturated carbocycles.